The Morgan fingerprint density at radius 1 is 1.23 bits per heavy atom. The summed E-state index contributed by atoms with van der Waals surface area (Å²) in [7, 11) is 0. The van der Waals surface area contributed by atoms with Crippen molar-refractivity contribution in [1.29, 1.82) is 0 Å². The lowest BCUT2D eigenvalue weighted by molar-refractivity contribution is -0.133. The molecule has 2 aliphatic heterocycles. The number of rotatable bonds is 4. The summed E-state index contributed by atoms with van der Waals surface area (Å²) in [6, 6.07) is 8.61. The van der Waals surface area contributed by atoms with Crippen molar-refractivity contribution in [3.8, 4) is 5.75 Å². The number of anilines is 2. The number of pyridine rings is 2. The normalized spacial score (nSPS) is 23.3. The van der Waals surface area contributed by atoms with Crippen molar-refractivity contribution in [2.75, 3.05) is 29.9 Å². The van der Waals surface area contributed by atoms with Crippen LogP contribution in [0, 0.1) is 0 Å². The van der Waals surface area contributed by atoms with E-state index in [0.717, 1.165) is 48.3 Å². The first kappa shape index (κ1) is 20.4. The van der Waals surface area contributed by atoms with Crippen LogP contribution in [0.15, 0.2) is 30.5 Å². The van der Waals surface area contributed by atoms with E-state index >= 15 is 0 Å². The zero-order valence-electron chi connectivity index (χ0n) is 18.4. The molecule has 0 radical (unpaired) electrons. The Kier molecular flexibility index (Phi) is 5.54. The first-order chi connectivity index (χ1) is 14.3. The van der Waals surface area contributed by atoms with E-state index in [-0.39, 0.29) is 30.0 Å². The molecule has 0 saturated carbocycles. The fourth-order valence-corrected chi connectivity index (χ4v) is 4.72. The lowest BCUT2D eigenvalue weighted by Crippen LogP contribution is -2.58. The molecule has 30 heavy (non-hydrogen) atoms. The standard InChI is InChI=1S/C23H31N5O2/c1-14(2)30-18-9-19-20(11-25-23(19)24-10-18)21-7-6-8-22(26-21)27-12-15(3)28(17(5)29)16(4)13-27/h6-10,14-16,20H,11-13H2,1-5H3,(H,24,25). The summed E-state index contributed by atoms with van der Waals surface area (Å²) in [6.45, 7) is 12.2. The molecule has 4 heterocycles. The van der Waals surface area contributed by atoms with Crippen LogP contribution in [0.2, 0.25) is 0 Å². The summed E-state index contributed by atoms with van der Waals surface area (Å²) in [6.07, 6.45) is 1.88. The number of aromatic nitrogens is 2. The van der Waals surface area contributed by atoms with Gasteiger partial charge in [-0.05, 0) is 45.9 Å². The van der Waals surface area contributed by atoms with Gasteiger partial charge in [0.2, 0.25) is 5.91 Å². The molecule has 3 atom stereocenters. The van der Waals surface area contributed by atoms with Crippen molar-refractivity contribution in [2.45, 2.75) is 58.7 Å². The van der Waals surface area contributed by atoms with Gasteiger partial charge in [0, 0.05) is 50.1 Å². The molecule has 0 spiro atoms. The molecular weight excluding hydrogens is 378 g/mol. The summed E-state index contributed by atoms with van der Waals surface area (Å²) < 4.78 is 5.84. The maximum Gasteiger partial charge on any atom is 0.220 e. The Morgan fingerprint density at radius 3 is 2.63 bits per heavy atom. The van der Waals surface area contributed by atoms with E-state index in [0.29, 0.717) is 0 Å². The van der Waals surface area contributed by atoms with Crippen molar-refractivity contribution in [3.05, 3.63) is 41.7 Å². The Morgan fingerprint density at radius 2 is 1.97 bits per heavy atom. The number of ether oxygens (including phenoxy) is 1. The van der Waals surface area contributed by atoms with Crippen LogP contribution in [0.1, 0.15) is 51.8 Å². The van der Waals surface area contributed by atoms with Gasteiger partial charge in [0.1, 0.15) is 17.4 Å². The molecule has 1 saturated heterocycles. The van der Waals surface area contributed by atoms with Crippen molar-refractivity contribution in [2.24, 2.45) is 0 Å². The second-order valence-corrected chi connectivity index (χ2v) is 8.66. The van der Waals surface area contributed by atoms with Crippen molar-refractivity contribution in [1.82, 2.24) is 14.9 Å². The number of carbonyl (C=O) groups excluding carboxylic acids is 1. The highest BCUT2D eigenvalue weighted by Gasteiger charge is 2.32. The first-order valence-corrected chi connectivity index (χ1v) is 10.7. The zero-order valence-corrected chi connectivity index (χ0v) is 18.4. The lowest BCUT2D eigenvalue weighted by Gasteiger charge is -2.44. The highest BCUT2D eigenvalue weighted by molar-refractivity contribution is 5.74. The summed E-state index contributed by atoms with van der Waals surface area (Å²) in [5.41, 5.74) is 2.15. The highest BCUT2D eigenvalue weighted by Crippen LogP contribution is 2.37. The van der Waals surface area contributed by atoms with E-state index in [1.807, 2.05) is 18.7 Å². The Bertz CT molecular complexity index is 920. The molecule has 2 aromatic heterocycles. The van der Waals surface area contributed by atoms with Crippen LogP contribution in [0.25, 0.3) is 0 Å². The molecule has 1 N–H and O–H groups in total. The minimum atomic E-state index is 0.108. The predicted molar refractivity (Wildman–Crippen MR) is 118 cm³/mol. The maximum atomic E-state index is 12.0. The Balaban J connectivity index is 1.58. The molecule has 0 bridgehead atoms. The monoisotopic (exact) mass is 409 g/mol. The second kappa shape index (κ2) is 8.13. The van der Waals surface area contributed by atoms with Gasteiger partial charge in [-0.1, -0.05) is 6.07 Å². The minimum Gasteiger partial charge on any atom is -0.489 e. The van der Waals surface area contributed by atoms with Crippen molar-refractivity contribution < 1.29 is 9.53 Å². The van der Waals surface area contributed by atoms with E-state index in [1.54, 1.807) is 13.1 Å². The molecule has 7 heteroatoms. The van der Waals surface area contributed by atoms with Gasteiger partial charge < -0.3 is 19.9 Å². The van der Waals surface area contributed by atoms with Crippen LogP contribution in [-0.4, -0.2) is 58.6 Å². The van der Waals surface area contributed by atoms with Gasteiger partial charge in [-0.15, -0.1) is 0 Å². The van der Waals surface area contributed by atoms with E-state index < -0.39 is 0 Å². The Labute approximate surface area is 178 Å². The molecule has 4 rings (SSSR count). The van der Waals surface area contributed by atoms with Crippen molar-refractivity contribution in [3.63, 3.8) is 0 Å². The molecular formula is C23H31N5O2. The molecule has 1 amide bonds. The third-order valence-corrected chi connectivity index (χ3v) is 5.83. The van der Waals surface area contributed by atoms with E-state index in [9.17, 15) is 4.79 Å². The maximum absolute atomic E-state index is 12.0. The van der Waals surface area contributed by atoms with E-state index in [1.165, 1.54) is 0 Å². The van der Waals surface area contributed by atoms with Crippen molar-refractivity contribution >= 4 is 17.5 Å². The van der Waals surface area contributed by atoms with Crippen LogP contribution >= 0.6 is 0 Å². The van der Waals surface area contributed by atoms with Crippen LogP contribution < -0.4 is 15.0 Å². The second-order valence-electron chi connectivity index (χ2n) is 8.66. The third kappa shape index (κ3) is 3.93. The summed E-state index contributed by atoms with van der Waals surface area (Å²) in [5, 5.41) is 3.40. The number of carbonyl (C=O) groups is 1. The van der Waals surface area contributed by atoms with Gasteiger partial charge in [-0.3, -0.25) is 4.79 Å². The van der Waals surface area contributed by atoms with Gasteiger partial charge in [0.05, 0.1) is 18.0 Å². The molecule has 2 aromatic rings. The largest absolute Gasteiger partial charge is 0.489 e. The number of fused-ring (bicyclic) bond motifs is 1. The van der Waals surface area contributed by atoms with Gasteiger partial charge in [0.25, 0.3) is 0 Å². The zero-order chi connectivity index (χ0) is 21.4. The molecule has 0 aromatic carbocycles. The molecule has 1 fully saturated rings. The minimum absolute atomic E-state index is 0.108. The topological polar surface area (TPSA) is 70.6 Å². The molecule has 2 aliphatic rings. The summed E-state index contributed by atoms with van der Waals surface area (Å²) >= 11 is 0. The van der Waals surface area contributed by atoms with Gasteiger partial charge in [-0.2, -0.15) is 0 Å². The molecule has 0 aliphatic carbocycles. The molecule has 3 unspecified atom stereocenters. The number of nitrogens with zero attached hydrogens (tertiary/aromatic N) is 4. The summed E-state index contributed by atoms with van der Waals surface area (Å²) in [5.74, 6) is 2.93. The summed E-state index contributed by atoms with van der Waals surface area (Å²) in [4.78, 5) is 25.8. The van der Waals surface area contributed by atoms with Crippen LogP contribution in [0.3, 0.4) is 0 Å². The van der Waals surface area contributed by atoms with Gasteiger partial charge >= 0.3 is 0 Å². The lowest BCUT2D eigenvalue weighted by atomic mass is 9.98. The average molecular weight is 410 g/mol. The SMILES string of the molecule is CC(=O)N1C(C)CN(c2cccc(C3CNc4ncc(OC(C)C)cc43)n2)CC1C. The number of nitrogens with one attached hydrogen (secondary N) is 1. The fraction of sp³-hybridized carbons (Fsp3) is 0.522. The number of hydrogen-bond acceptors (Lipinski definition) is 6. The highest BCUT2D eigenvalue weighted by atomic mass is 16.5. The van der Waals surface area contributed by atoms with Crippen LogP contribution in [0.5, 0.6) is 5.75 Å². The predicted octanol–water partition coefficient (Wildman–Crippen LogP) is 3.27. The quantitative estimate of drug-likeness (QED) is 0.836. The van der Waals surface area contributed by atoms with Gasteiger partial charge in [-0.25, -0.2) is 9.97 Å². The Hall–Kier alpha value is -2.83. The molecule has 7 nitrogen and oxygen atoms in total. The fourth-order valence-electron chi connectivity index (χ4n) is 4.72. The number of piperazine rings is 1. The number of hydrogen-bond donors (Lipinski definition) is 1. The van der Waals surface area contributed by atoms with Crippen LogP contribution in [-0.2, 0) is 4.79 Å². The average Bonchev–Trinajstić information content (AvgIpc) is 3.10. The van der Waals surface area contributed by atoms with E-state index in [2.05, 4.69) is 53.3 Å². The third-order valence-electron chi connectivity index (χ3n) is 5.83. The smallest absolute Gasteiger partial charge is 0.220 e. The number of amides is 1. The van der Waals surface area contributed by atoms with Gasteiger partial charge in [0.15, 0.2) is 0 Å². The van der Waals surface area contributed by atoms with Crippen LogP contribution in [0.4, 0.5) is 11.6 Å². The first-order valence-electron chi connectivity index (χ1n) is 10.7. The molecule has 160 valence electrons. The van der Waals surface area contributed by atoms with E-state index in [4.69, 9.17) is 9.72 Å².